The van der Waals surface area contributed by atoms with Crippen molar-refractivity contribution in [2.45, 2.75) is 19.4 Å². The second-order valence-electron chi connectivity index (χ2n) is 2.99. The molecule has 0 amide bonds. The van der Waals surface area contributed by atoms with Gasteiger partial charge in [0.15, 0.2) is 0 Å². The highest BCUT2D eigenvalue weighted by molar-refractivity contribution is 5.85. The van der Waals surface area contributed by atoms with Crippen LogP contribution in [0.4, 0.5) is 4.39 Å². The Hall–Kier alpha value is -1.11. The molecule has 1 atom stereocenters. The molecule has 2 nitrogen and oxygen atoms in total. The molecule has 1 aromatic rings. The summed E-state index contributed by atoms with van der Waals surface area (Å²) in [6.07, 6.45) is 0.139. The van der Waals surface area contributed by atoms with E-state index in [1.54, 1.807) is 12.1 Å². The Morgan fingerprint density at radius 3 is 2.79 bits per heavy atom. The number of halogens is 2. The highest BCUT2D eigenvalue weighted by Crippen LogP contribution is 2.18. The Morgan fingerprint density at radius 1 is 1.57 bits per heavy atom. The third-order valence-corrected chi connectivity index (χ3v) is 1.86. The molecule has 14 heavy (non-hydrogen) atoms. The van der Waals surface area contributed by atoms with E-state index in [9.17, 15) is 4.39 Å². The molecule has 0 radical (unpaired) electrons. The Labute approximate surface area is 88.9 Å². The lowest BCUT2D eigenvalue weighted by atomic mass is 10.0. The number of nitriles is 1. The average molecular weight is 215 g/mol. The Kier molecular flexibility index (Phi) is 5.14. The van der Waals surface area contributed by atoms with E-state index in [-0.39, 0.29) is 24.6 Å². The van der Waals surface area contributed by atoms with Gasteiger partial charge < -0.3 is 5.73 Å². The first-order valence-electron chi connectivity index (χ1n) is 4.03. The number of hydrogen-bond acceptors (Lipinski definition) is 2. The van der Waals surface area contributed by atoms with Crippen molar-refractivity contribution in [3.05, 3.63) is 35.1 Å². The zero-order valence-corrected chi connectivity index (χ0v) is 8.64. The summed E-state index contributed by atoms with van der Waals surface area (Å²) in [5, 5.41) is 8.41. The molecule has 1 aromatic carbocycles. The van der Waals surface area contributed by atoms with Crippen molar-refractivity contribution in [2.75, 3.05) is 0 Å². The quantitative estimate of drug-likeness (QED) is 0.822. The van der Waals surface area contributed by atoms with Gasteiger partial charge in [0.1, 0.15) is 5.82 Å². The summed E-state index contributed by atoms with van der Waals surface area (Å²) < 4.78 is 13.2. The van der Waals surface area contributed by atoms with Crippen LogP contribution in [0.1, 0.15) is 23.6 Å². The molecule has 0 aliphatic carbocycles. The summed E-state index contributed by atoms with van der Waals surface area (Å²) in [6, 6.07) is 6.13. The molecule has 0 unspecified atom stereocenters. The molecule has 2 N–H and O–H groups in total. The average Bonchev–Trinajstić information content (AvgIpc) is 2.09. The fraction of sp³-hybridized carbons (Fsp3) is 0.300. The van der Waals surface area contributed by atoms with Gasteiger partial charge in [0.2, 0.25) is 0 Å². The summed E-state index contributed by atoms with van der Waals surface area (Å²) in [4.78, 5) is 0. The molecule has 0 heterocycles. The van der Waals surface area contributed by atoms with E-state index in [0.29, 0.717) is 5.56 Å². The van der Waals surface area contributed by atoms with Crippen molar-refractivity contribution in [1.82, 2.24) is 0 Å². The molecule has 0 aliphatic rings. The number of nitrogens with two attached hydrogens (primary N) is 1. The predicted molar refractivity (Wildman–Crippen MR) is 55.5 cm³/mol. The van der Waals surface area contributed by atoms with E-state index in [0.717, 1.165) is 5.56 Å². The minimum atomic E-state index is -0.523. The normalized spacial score (nSPS) is 11.3. The van der Waals surface area contributed by atoms with E-state index >= 15 is 0 Å². The van der Waals surface area contributed by atoms with E-state index < -0.39 is 6.04 Å². The van der Waals surface area contributed by atoms with Crippen LogP contribution in [0.3, 0.4) is 0 Å². The highest BCUT2D eigenvalue weighted by Gasteiger charge is 2.10. The van der Waals surface area contributed by atoms with Gasteiger partial charge in [0.25, 0.3) is 0 Å². The summed E-state index contributed by atoms with van der Waals surface area (Å²) in [5.74, 6) is -0.339. The van der Waals surface area contributed by atoms with Crippen LogP contribution in [-0.4, -0.2) is 0 Å². The SMILES string of the molecule is Cc1ccc(F)c([C@H](N)CC#N)c1.Cl. The van der Waals surface area contributed by atoms with Gasteiger partial charge in [0, 0.05) is 11.6 Å². The molecular formula is C10H12ClFN2. The molecule has 0 aliphatic heterocycles. The molecule has 0 saturated carbocycles. The van der Waals surface area contributed by atoms with Crippen LogP contribution >= 0.6 is 12.4 Å². The van der Waals surface area contributed by atoms with E-state index in [1.165, 1.54) is 6.07 Å². The maximum absolute atomic E-state index is 13.2. The molecule has 0 spiro atoms. The molecule has 4 heteroatoms. The van der Waals surface area contributed by atoms with E-state index in [2.05, 4.69) is 0 Å². The minimum Gasteiger partial charge on any atom is -0.323 e. The lowest BCUT2D eigenvalue weighted by Crippen LogP contribution is -2.11. The lowest BCUT2D eigenvalue weighted by molar-refractivity contribution is 0.584. The number of hydrogen-bond donors (Lipinski definition) is 1. The molecular weight excluding hydrogens is 203 g/mol. The molecule has 1 rings (SSSR count). The van der Waals surface area contributed by atoms with Gasteiger partial charge in [-0.25, -0.2) is 4.39 Å². The summed E-state index contributed by atoms with van der Waals surface area (Å²) in [6.45, 7) is 1.86. The number of benzene rings is 1. The van der Waals surface area contributed by atoms with Crippen LogP contribution in [0.15, 0.2) is 18.2 Å². The third kappa shape index (κ3) is 2.99. The number of aryl methyl sites for hydroxylation is 1. The monoisotopic (exact) mass is 214 g/mol. The van der Waals surface area contributed by atoms with Crippen LogP contribution in [0.2, 0.25) is 0 Å². The standard InChI is InChI=1S/C10H11FN2.ClH/c1-7-2-3-9(11)8(6-7)10(13)4-5-12;/h2-3,6,10H,4,13H2,1H3;1H/t10-;/m1./s1. The van der Waals surface area contributed by atoms with Crippen molar-refractivity contribution >= 4 is 12.4 Å². The summed E-state index contributed by atoms with van der Waals surface area (Å²) in [7, 11) is 0. The number of rotatable bonds is 2. The van der Waals surface area contributed by atoms with Crippen LogP contribution in [0, 0.1) is 24.1 Å². The molecule has 0 aromatic heterocycles. The first kappa shape index (κ1) is 12.9. The van der Waals surface area contributed by atoms with Crippen LogP contribution in [0.5, 0.6) is 0 Å². The zero-order valence-electron chi connectivity index (χ0n) is 7.83. The van der Waals surface area contributed by atoms with E-state index in [1.807, 2.05) is 13.0 Å². The Morgan fingerprint density at radius 2 is 2.21 bits per heavy atom. The topological polar surface area (TPSA) is 49.8 Å². The Bertz CT molecular complexity index is 346. The van der Waals surface area contributed by atoms with Gasteiger partial charge >= 0.3 is 0 Å². The van der Waals surface area contributed by atoms with Crippen molar-refractivity contribution in [2.24, 2.45) is 5.73 Å². The second kappa shape index (κ2) is 5.58. The molecule has 0 fully saturated rings. The zero-order chi connectivity index (χ0) is 9.84. The van der Waals surface area contributed by atoms with Gasteiger partial charge in [-0.05, 0) is 13.0 Å². The van der Waals surface area contributed by atoms with Crippen LogP contribution in [-0.2, 0) is 0 Å². The van der Waals surface area contributed by atoms with Crippen molar-refractivity contribution in [1.29, 1.82) is 5.26 Å². The third-order valence-electron chi connectivity index (χ3n) is 1.86. The van der Waals surface area contributed by atoms with Crippen molar-refractivity contribution in [3.63, 3.8) is 0 Å². The first-order chi connectivity index (χ1) is 6.15. The smallest absolute Gasteiger partial charge is 0.128 e. The van der Waals surface area contributed by atoms with Crippen molar-refractivity contribution in [3.8, 4) is 6.07 Å². The summed E-state index contributed by atoms with van der Waals surface area (Å²) >= 11 is 0. The minimum absolute atomic E-state index is 0. The van der Waals surface area contributed by atoms with E-state index in [4.69, 9.17) is 11.0 Å². The van der Waals surface area contributed by atoms with Gasteiger partial charge in [-0.3, -0.25) is 0 Å². The fourth-order valence-corrected chi connectivity index (χ4v) is 1.16. The molecule has 0 bridgehead atoms. The maximum Gasteiger partial charge on any atom is 0.128 e. The van der Waals surface area contributed by atoms with Gasteiger partial charge in [-0.1, -0.05) is 17.7 Å². The highest BCUT2D eigenvalue weighted by atomic mass is 35.5. The van der Waals surface area contributed by atoms with Gasteiger partial charge in [-0.2, -0.15) is 5.26 Å². The largest absolute Gasteiger partial charge is 0.323 e. The lowest BCUT2D eigenvalue weighted by Gasteiger charge is -2.09. The van der Waals surface area contributed by atoms with Crippen LogP contribution < -0.4 is 5.73 Å². The molecule has 0 saturated heterocycles. The van der Waals surface area contributed by atoms with Gasteiger partial charge in [0.05, 0.1) is 12.5 Å². The first-order valence-corrected chi connectivity index (χ1v) is 4.03. The predicted octanol–water partition coefficient (Wildman–Crippen LogP) is 2.47. The number of nitrogens with zero attached hydrogens (tertiary/aromatic N) is 1. The van der Waals surface area contributed by atoms with Crippen LogP contribution in [0.25, 0.3) is 0 Å². The van der Waals surface area contributed by atoms with Crippen molar-refractivity contribution < 1.29 is 4.39 Å². The molecule has 76 valence electrons. The second-order valence-corrected chi connectivity index (χ2v) is 2.99. The van der Waals surface area contributed by atoms with Gasteiger partial charge in [-0.15, -0.1) is 12.4 Å². The Balaban J connectivity index is 0.00000169. The summed E-state index contributed by atoms with van der Waals surface area (Å²) in [5.41, 5.74) is 6.98. The fourth-order valence-electron chi connectivity index (χ4n) is 1.16. The maximum atomic E-state index is 13.2.